The molecule has 0 saturated carbocycles. The van der Waals surface area contributed by atoms with Crippen molar-refractivity contribution in [3.8, 4) is 6.07 Å². The number of hydrogen-bond donors (Lipinski definition) is 3. The zero-order valence-electron chi connectivity index (χ0n) is 11.1. The van der Waals surface area contributed by atoms with Crippen LogP contribution < -0.4 is 5.32 Å². The fraction of sp³-hybridized carbons (Fsp3) is 0.286. The van der Waals surface area contributed by atoms with Gasteiger partial charge in [-0.1, -0.05) is 12.1 Å². The lowest BCUT2D eigenvalue weighted by atomic mass is 10.1. The van der Waals surface area contributed by atoms with Gasteiger partial charge in [-0.3, -0.25) is 9.59 Å². The number of amides is 1. The minimum atomic E-state index is -1.29. The summed E-state index contributed by atoms with van der Waals surface area (Å²) in [5.41, 5.74) is 0.867. The highest BCUT2D eigenvalue weighted by atomic mass is 16.4. The number of nitrogens with zero attached hydrogens (tertiary/aromatic N) is 1. The van der Waals surface area contributed by atoms with E-state index in [0.717, 1.165) is 0 Å². The van der Waals surface area contributed by atoms with Crippen LogP contribution in [0, 0.1) is 11.3 Å². The van der Waals surface area contributed by atoms with Crippen LogP contribution in [0.3, 0.4) is 0 Å². The second-order valence-corrected chi connectivity index (χ2v) is 4.33. The average molecular weight is 290 g/mol. The number of nitrogens with one attached hydrogen (secondary N) is 1. The van der Waals surface area contributed by atoms with E-state index >= 15 is 0 Å². The van der Waals surface area contributed by atoms with Crippen molar-refractivity contribution >= 4 is 17.8 Å². The largest absolute Gasteiger partial charge is 0.481 e. The summed E-state index contributed by atoms with van der Waals surface area (Å²) >= 11 is 0. The van der Waals surface area contributed by atoms with Gasteiger partial charge in [-0.25, -0.2) is 4.79 Å². The quantitative estimate of drug-likeness (QED) is 0.681. The Morgan fingerprint density at radius 3 is 2.57 bits per heavy atom. The molecule has 0 radical (unpaired) electrons. The van der Waals surface area contributed by atoms with E-state index in [9.17, 15) is 14.4 Å². The van der Waals surface area contributed by atoms with E-state index in [2.05, 4.69) is 5.32 Å². The standard InChI is InChI=1S/C14H14N2O5/c15-7-6-9-2-1-3-10(8-9)13(19)16-11(14(20)21)4-5-12(17)18/h1-3,8,11H,4-6H2,(H,16,19)(H,17,18)(H,20,21). The molecule has 110 valence electrons. The zero-order chi connectivity index (χ0) is 15.8. The molecule has 1 aromatic rings. The summed E-state index contributed by atoms with van der Waals surface area (Å²) in [6.07, 6.45) is -0.414. The molecule has 0 fully saturated rings. The Balaban J connectivity index is 2.77. The van der Waals surface area contributed by atoms with Crippen LogP contribution in [0.1, 0.15) is 28.8 Å². The average Bonchev–Trinajstić information content (AvgIpc) is 2.43. The predicted molar refractivity (Wildman–Crippen MR) is 71.5 cm³/mol. The first-order valence-corrected chi connectivity index (χ1v) is 6.15. The third kappa shape index (κ3) is 5.32. The summed E-state index contributed by atoms with van der Waals surface area (Å²) in [6.45, 7) is 0. The van der Waals surface area contributed by atoms with E-state index in [1.54, 1.807) is 12.1 Å². The fourth-order valence-electron chi connectivity index (χ4n) is 1.68. The maximum absolute atomic E-state index is 12.0. The number of rotatable bonds is 7. The predicted octanol–water partition coefficient (Wildman–Crippen LogP) is 0.800. The van der Waals surface area contributed by atoms with Crippen LogP contribution in [0.15, 0.2) is 24.3 Å². The highest BCUT2D eigenvalue weighted by Gasteiger charge is 2.21. The molecule has 1 rings (SSSR count). The number of nitriles is 1. The van der Waals surface area contributed by atoms with Gasteiger partial charge in [0.05, 0.1) is 12.5 Å². The van der Waals surface area contributed by atoms with Gasteiger partial charge in [-0.05, 0) is 24.1 Å². The van der Waals surface area contributed by atoms with Gasteiger partial charge in [-0.15, -0.1) is 0 Å². The van der Waals surface area contributed by atoms with Crippen LogP contribution in [-0.2, 0) is 16.0 Å². The highest BCUT2D eigenvalue weighted by molar-refractivity contribution is 5.96. The van der Waals surface area contributed by atoms with Gasteiger partial charge in [0.2, 0.25) is 0 Å². The van der Waals surface area contributed by atoms with E-state index < -0.39 is 23.9 Å². The molecule has 0 heterocycles. The third-order valence-electron chi connectivity index (χ3n) is 2.72. The van der Waals surface area contributed by atoms with Crippen molar-refractivity contribution in [2.24, 2.45) is 0 Å². The number of aliphatic carboxylic acids is 2. The Kier molecular flexibility index (Phi) is 5.89. The minimum absolute atomic E-state index is 0.141. The molecule has 0 spiro atoms. The van der Waals surface area contributed by atoms with E-state index in [-0.39, 0.29) is 24.8 Å². The summed E-state index contributed by atoms with van der Waals surface area (Å²) in [7, 11) is 0. The smallest absolute Gasteiger partial charge is 0.326 e. The molecule has 1 unspecified atom stereocenters. The summed E-state index contributed by atoms with van der Waals surface area (Å²) in [4.78, 5) is 33.4. The number of carboxylic acids is 2. The Labute approximate surface area is 120 Å². The van der Waals surface area contributed by atoms with Gasteiger partial charge in [0.25, 0.3) is 5.91 Å². The van der Waals surface area contributed by atoms with Crippen LogP contribution in [0.2, 0.25) is 0 Å². The zero-order valence-corrected chi connectivity index (χ0v) is 11.1. The van der Waals surface area contributed by atoms with Crippen LogP contribution >= 0.6 is 0 Å². The summed E-state index contributed by atoms with van der Waals surface area (Å²) in [5, 5.41) is 28.4. The second-order valence-electron chi connectivity index (χ2n) is 4.33. The van der Waals surface area contributed by atoms with Crippen molar-refractivity contribution < 1.29 is 24.6 Å². The minimum Gasteiger partial charge on any atom is -0.481 e. The second kappa shape index (κ2) is 7.65. The van der Waals surface area contributed by atoms with Gasteiger partial charge >= 0.3 is 11.9 Å². The molecule has 0 saturated heterocycles. The molecular weight excluding hydrogens is 276 g/mol. The Morgan fingerprint density at radius 1 is 1.29 bits per heavy atom. The number of carbonyl (C=O) groups excluding carboxylic acids is 1. The van der Waals surface area contributed by atoms with Crippen molar-refractivity contribution in [2.45, 2.75) is 25.3 Å². The van der Waals surface area contributed by atoms with E-state index in [1.165, 1.54) is 12.1 Å². The molecule has 3 N–H and O–H groups in total. The normalized spacial score (nSPS) is 11.2. The molecule has 1 aromatic carbocycles. The van der Waals surface area contributed by atoms with Crippen molar-refractivity contribution in [1.29, 1.82) is 5.26 Å². The molecule has 1 atom stereocenters. The summed E-state index contributed by atoms with van der Waals surface area (Å²) in [6, 6.07) is 6.94. The van der Waals surface area contributed by atoms with Crippen molar-refractivity contribution in [2.75, 3.05) is 0 Å². The molecule has 7 nitrogen and oxygen atoms in total. The fourth-order valence-corrected chi connectivity index (χ4v) is 1.68. The monoisotopic (exact) mass is 290 g/mol. The number of carboxylic acid groups (broad SMARTS) is 2. The van der Waals surface area contributed by atoms with Crippen LogP contribution in [0.25, 0.3) is 0 Å². The number of hydrogen-bond acceptors (Lipinski definition) is 4. The Hall–Kier alpha value is -2.88. The first-order chi connectivity index (χ1) is 9.93. The summed E-state index contributed by atoms with van der Waals surface area (Å²) < 4.78 is 0. The lowest BCUT2D eigenvalue weighted by molar-refractivity contribution is -0.140. The Bertz CT molecular complexity index is 591. The van der Waals surface area contributed by atoms with E-state index in [0.29, 0.717) is 5.56 Å². The van der Waals surface area contributed by atoms with Gasteiger partial charge < -0.3 is 15.5 Å². The third-order valence-corrected chi connectivity index (χ3v) is 2.72. The van der Waals surface area contributed by atoms with Crippen LogP contribution in [0.4, 0.5) is 0 Å². The number of carbonyl (C=O) groups is 3. The first kappa shape index (κ1) is 16.2. The molecule has 0 aromatic heterocycles. The first-order valence-electron chi connectivity index (χ1n) is 6.15. The molecule has 0 aliphatic carbocycles. The molecule has 0 aliphatic heterocycles. The lowest BCUT2D eigenvalue weighted by Gasteiger charge is -2.13. The van der Waals surface area contributed by atoms with Gasteiger partial charge in [-0.2, -0.15) is 5.26 Å². The Morgan fingerprint density at radius 2 is 2.00 bits per heavy atom. The topological polar surface area (TPSA) is 127 Å². The van der Waals surface area contributed by atoms with Crippen molar-refractivity contribution in [3.63, 3.8) is 0 Å². The SMILES string of the molecule is N#CCc1cccc(C(=O)NC(CCC(=O)O)C(=O)O)c1. The van der Waals surface area contributed by atoms with E-state index in [1.807, 2.05) is 6.07 Å². The van der Waals surface area contributed by atoms with Gasteiger partial charge in [0.1, 0.15) is 6.04 Å². The summed E-state index contributed by atoms with van der Waals surface area (Å²) in [5.74, 6) is -3.04. The van der Waals surface area contributed by atoms with Gasteiger partial charge in [0.15, 0.2) is 0 Å². The van der Waals surface area contributed by atoms with E-state index in [4.69, 9.17) is 15.5 Å². The highest BCUT2D eigenvalue weighted by Crippen LogP contribution is 2.07. The molecule has 7 heteroatoms. The van der Waals surface area contributed by atoms with Crippen LogP contribution in [-0.4, -0.2) is 34.1 Å². The molecule has 0 bridgehead atoms. The maximum atomic E-state index is 12.0. The lowest BCUT2D eigenvalue weighted by Crippen LogP contribution is -2.41. The molecule has 0 aliphatic rings. The maximum Gasteiger partial charge on any atom is 0.326 e. The molecular formula is C14H14N2O5. The van der Waals surface area contributed by atoms with Gasteiger partial charge in [0, 0.05) is 12.0 Å². The van der Waals surface area contributed by atoms with Crippen molar-refractivity contribution in [1.82, 2.24) is 5.32 Å². The van der Waals surface area contributed by atoms with Crippen LogP contribution in [0.5, 0.6) is 0 Å². The molecule has 1 amide bonds. The number of benzene rings is 1. The molecule has 21 heavy (non-hydrogen) atoms. The van der Waals surface area contributed by atoms with Crippen molar-refractivity contribution in [3.05, 3.63) is 35.4 Å².